The number of rotatable bonds is 5. The molecule has 0 saturated carbocycles. The number of nitrogens with zero attached hydrogens (tertiary/aromatic N) is 3. The van der Waals surface area contributed by atoms with E-state index in [4.69, 9.17) is 0 Å². The van der Waals surface area contributed by atoms with Crippen molar-refractivity contribution in [2.24, 2.45) is 4.99 Å². The molecule has 84 valence electrons. The van der Waals surface area contributed by atoms with Crippen molar-refractivity contribution in [3.63, 3.8) is 0 Å². The van der Waals surface area contributed by atoms with Crippen molar-refractivity contribution < 1.29 is 4.79 Å². The van der Waals surface area contributed by atoms with Crippen LogP contribution in [0.3, 0.4) is 0 Å². The Morgan fingerprint density at radius 3 is 2.40 bits per heavy atom. The molecular weight excluding hydrogens is 192 g/mol. The molecule has 5 nitrogen and oxygen atoms in total. The van der Waals surface area contributed by atoms with Crippen LogP contribution in [0.25, 0.3) is 0 Å². The van der Waals surface area contributed by atoms with E-state index in [2.05, 4.69) is 23.5 Å². The molecule has 0 fully saturated rings. The van der Waals surface area contributed by atoms with E-state index < -0.39 is 0 Å². The average Bonchev–Trinajstić information content (AvgIpc) is 2.26. The van der Waals surface area contributed by atoms with Gasteiger partial charge in [0.15, 0.2) is 0 Å². The average molecular weight is 210 g/mol. The van der Waals surface area contributed by atoms with Gasteiger partial charge in [-0.25, -0.2) is 4.79 Å². The van der Waals surface area contributed by atoms with E-state index in [1.165, 1.54) is 28.5 Å². The molecule has 0 aliphatic heterocycles. The lowest BCUT2D eigenvalue weighted by molar-refractivity contribution is 0.185. The standard InChI is InChI=1S/C10H18N4O/c1-6-13(8-11-4)10(15)14(7-2)9(3)12-5/h6-9,12H,1-2H2,3-5H3. The number of hydrogen-bond donors (Lipinski definition) is 1. The molecule has 0 rings (SSSR count). The lowest BCUT2D eigenvalue weighted by Gasteiger charge is -2.27. The normalized spacial score (nSPS) is 12.2. The fraction of sp³-hybridized carbons (Fsp3) is 0.400. The molecule has 15 heavy (non-hydrogen) atoms. The maximum absolute atomic E-state index is 11.9. The van der Waals surface area contributed by atoms with Crippen LogP contribution in [-0.4, -0.2) is 42.4 Å². The van der Waals surface area contributed by atoms with E-state index in [9.17, 15) is 4.79 Å². The lowest BCUT2D eigenvalue weighted by atomic mass is 10.5. The Morgan fingerprint density at radius 2 is 2.07 bits per heavy atom. The minimum atomic E-state index is -0.257. The SMILES string of the molecule is C=CN(C=NC)C(=O)N(C=C)C(C)NC. The molecule has 0 aliphatic carbocycles. The van der Waals surface area contributed by atoms with Crippen LogP contribution in [0.4, 0.5) is 4.79 Å². The third-order valence-corrected chi connectivity index (χ3v) is 1.91. The first kappa shape index (κ1) is 13.4. The lowest BCUT2D eigenvalue weighted by Crippen LogP contribution is -2.46. The zero-order valence-corrected chi connectivity index (χ0v) is 9.47. The monoisotopic (exact) mass is 210 g/mol. The van der Waals surface area contributed by atoms with E-state index in [1.807, 2.05) is 6.92 Å². The summed E-state index contributed by atoms with van der Waals surface area (Å²) in [6.45, 7) is 8.97. The highest BCUT2D eigenvalue weighted by Gasteiger charge is 2.19. The number of amides is 2. The Labute approximate surface area is 90.8 Å². The van der Waals surface area contributed by atoms with E-state index >= 15 is 0 Å². The first-order valence-corrected chi connectivity index (χ1v) is 4.57. The number of carbonyl (C=O) groups is 1. The fourth-order valence-electron chi connectivity index (χ4n) is 0.973. The molecule has 0 heterocycles. The van der Waals surface area contributed by atoms with Crippen LogP contribution in [0.1, 0.15) is 6.92 Å². The second-order valence-corrected chi connectivity index (χ2v) is 2.80. The molecule has 0 aliphatic rings. The van der Waals surface area contributed by atoms with Crippen LogP contribution in [0, 0.1) is 0 Å². The van der Waals surface area contributed by atoms with Crippen LogP contribution in [0.2, 0.25) is 0 Å². The van der Waals surface area contributed by atoms with Crippen molar-refractivity contribution in [1.29, 1.82) is 0 Å². The highest BCUT2D eigenvalue weighted by atomic mass is 16.2. The highest BCUT2D eigenvalue weighted by Crippen LogP contribution is 2.02. The zero-order chi connectivity index (χ0) is 11.8. The summed E-state index contributed by atoms with van der Waals surface area (Å²) < 4.78 is 0. The summed E-state index contributed by atoms with van der Waals surface area (Å²) >= 11 is 0. The third kappa shape index (κ3) is 3.55. The Hall–Kier alpha value is -1.62. The summed E-state index contributed by atoms with van der Waals surface area (Å²) in [5.74, 6) is 0. The van der Waals surface area contributed by atoms with Gasteiger partial charge in [-0.2, -0.15) is 0 Å². The van der Waals surface area contributed by atoms with Crippen molar-refractivity contribution in [3.05, 3.63) is 25.6 Å². The van der Waals surface area contributed by atoms with E-state index in [-0.39, 0.29) is 12.2 Å². The molecule has 0 aromatic heterocycles. The van der Waals surface area contributed by atoms with Gasteiger partial charge < -0.3 is 5.32 Å². The second kappa shape index (κ2) is 6.78. The molecule has 5 heteroatoms. The Kier molecular flexibility index (Phi) is 6.05. The van der Waals surface area contributed by atoms with Crippen molar-refractivity contribution in [2.75, 3.05) is 14.1 Å². The molecule has 1 N–H and O–H groups in total. The summed E-state index contributed by atoms with van der Waals surface area (Å²) in [4.78, 5) is 18.4. The molecule has 1 unspecified atom stereocenters. The van der Waals surface area contributed by atoms with Crippen LogP contribution < -0.4 is 5.32 Å². The highest BCUT2D eigenvalue weighted by molar-refractivity contribution is 5.88. The van der Waals surface area contributed by atoms with Crippen LogP contribution in [-0.2, 0) is 0 Å². The number of urea groups is 1. The van der Waals surface area contributed by atoms with Gasteiger partial charge in [-0.05, 0) is 14.0 Å². The molecule has 0 radical (unpaired) electrons. The topological polar surface area (TPSA) is 47.9 Å². The van der Waals surface area contributed by atoms with Gasteiger partial charge in [-0.3, -0.25) is 14.8 Å². The number of hydrogen-bond acceptors (Lipinski definition) is 3. The maximum Gasteiger partial charge on any atom is 0.334 e. The molecule has 2 amide bonds. The minimum absolute atomic E-state index is 0.136. The van der Waals surface area contributed by atoms with Crippen molar-refractivity contribution in [3.8, 4) is 0 Å². The summed E-state index contributed by atoms with van der Waals surface area (Å²) in [7, 11) is 3.35. The largest absolute Gasteiger partial charge is 0.334 e. The quantitative estimate of drug-likeness (QED) is 0.421. The van der Waals surface area contributed by atoms with Gasteiger partial charge in [-0.15, -0.1) is 0 Å². The van der Waals surface area contributed by atoms with Gasteiger partial charge in [0.1, 0.15) is 0 Å². The van der Waals surface area contributed by atoms with Gasteiger partial charge in [0.05, 0.1) is 12.5 Å². The first-order chi connectivity index (χ1) is 7.12. The summed E-state index contributed by atoms with van der Waals surface area (Å²) in [5, 5.41) is 2.95. The van der Waals surface area contributed by atoms with Crippen molar-refractivity contribution >= 4 is 12.4 Å². The number of nitrogens with one attached hydrogen (secondary N) is 1. The van der Waals surface area contributed by atoms with Gasteiger partial charge in [0.2, 0.25) is 0 Å². The van der Waals surface area contributed by atoms with Gasteiger partial charge in [0, 0.05) is 19.4 Å². The van der Waals surface area contributed by atoms with E-state index in [1.54, 1.807) is 14.1 Å². The number of aliphatic imine (C=N–C) groups is 1. The molecule has 0 aromatic carbocycles. The summed E-state index contributed by atoms with van der Waals surface area (Å²) in [6.07, 6.45) is 4.12. The van der Waals surface area contributed by atoms with Crippen LogP contribution in [0.15, 0.2) is 30.6 Å². The third-order valence-electron chi connectivity index (χ3n) is 1.91. The molecule has 1 atom stereocenters. The summed E-state index contributed by atoms with van der Waals surface area (Å²) in [6, 6.07) is -0.257. The Balaban J connectivity index is 4.76. The molecule has 0 bridgehead atoms. The smallest absolute Gasteiger partial charge is 0.300 e. The van der Waals surface area contributed by atoms with Crippen molar-refractivity contribution in [1.82, 2.24) is 15.1 Å². The molecule has 0 saturated heterocycles. The van der Waals surface area contributed by atoms with Gasteiger partial charge >= 0.3 is 6.03 Å². The number of carbonyl (C=O) groups excluding carboxylic acids is 1. The maximum atomic E-state index is 11.9. The predicted molar refractivity (Wildman–Crippen MR) is 62.4 cm³/mol. The second-order valence-electron chi connectivity index (χ2n) is 2.80. The minimum Gasteiger partial charge on any atom is -0.300 e. The molecule has 0 spiro atoms. The van der Waals surface area contributed by atoms with E-state index in [0.29, 0.717) is 0 Å². The van der Waals surface area contributed by atoms with Gasteiger partial charge in [0.25, 0.3) is 0 Å². The fourth-order valence-corrected chi connectivity index (χ4v) is 0.973. The molecule has 0 aromatic rings. The van der Waals surface area contributed by atoms with E-state index in [0.717, 1.165) is 0 Å². The van der Waals surface area contributed by atoms with Crippen LogP contribution in [0.5, 0.6) is 0 Å². The zero-order valence-electron chi connectivity index (χ0n) is 9.47. The molecular formula is C10H18N4O. The van der Waals surface area contributed by atoms with Gasteiger partial charge in [-0.1, -0.05) is 13.2 Å². The summed E-state index contributed by atoms with van der Waals surface area (Å²) in [5.41, 5.74) is 0. The first-order valence-electron chi connectivity index (χ1n) is 4.57. The predicted octanol–water partition coefficient (Wildman–Crippen LogP) is 1.22. The Morgan fingerprint density at radius 1 is 1.47 bits per heavy atom. The van der Waals surface area contributed by atoms with Crippen LogP contribution >= 0.6 is 0 Å². The van der Waals surface area contributed by atoms with Crippen molar-refractivity contribution in [2.45, 2.75) is 13.1 Å². The Bertz CT molecular complexity index is 262.